The Morgan fingerprint density at radius 3 is 2.38 bits per heavy atom. The molecule has 32 heavy (non-hydrogen) atoms. The number of amides is 1. The highest BCUT2D eigenvalue weighted by Crippen LogP contribution is 2.34. The first-order chi connectivity index (χ1) is 15.5. The summed E-state index contributed by atoms with van der Waals surface area (Å²) in [5.41, 5.74) is 5.27. The number of nitrogens with zero attached hydrogens (tertiary/aromatic N) is 1. The summed E-state index contributed by atoms with van der Waals surface area (Å²) in [6.07, 6.45) is 1.81. The highest BCUT2D eigenvalue weighted by molar-refractivity contribution is 14.1. The molecule has 0 radical (unpaired) electrons. The van der Waals surface area contributed by atoms with Gasteiger partial charge in [-0.1, -0.05) is 40.2 Å². The molecule has 3 aromatic rings. The molecule has 0 atom stereocenters. The first-order valence-corrected chi connectivity index (χ1v) is 11.5. The summed E-state index contributed by atoms with van der Waals surface area (Å²) in [5.74, 6) is 1.80. The fourth-order valence-electron chi connectivity index (χ4n) is 2.84. The fourth-order valence-corrected chi connectivity index (χ4v) is 3.88. The topological polar surface area (TPSA) is 69.2 Å². The Balaban J connectivity index is 1.60. The zero-order chi connectivity index (χ0) is 22.9. The van der Waals surface area contributed by atoms with Crippen LogP contribution in [0, 0.1) is 3.57 Å². The number of hydrogen-bond donors (Lipinski definition) is 1. The largest absolute Gasteiger partial charge is 0.497 e. The average Bonchev–Trinajstić information content (AvgIpc) is 2.79. The molecule has 8 heteroatoms. The maximum atomic E-state index is 12.1. The van der Waals surface area contributed by atoms with E-state index in [2.05, 4.69) is 49.0 Å². The number of nitrogens with one attached hydrogen (secondary N) is 1. The summed E-state index contributed by atoms with van der Waals surface area (Å²) in [6, 6.07) is 19.0. The van der Waals surface area contributed by atoms with Gasteiger partial charge >= 0.3 is 0 Å². The summed E-state index contributed by atoms with van der Waals surface area (Å²) in [7, 11) is 3.20. The summed E-state index contributed by atoms with van der Waals surface area (Å²) < 4.78 is 18.5. The molecular formula is C24H22BrIN2O4. The Kier molecular flexibility index (Phi) is 8.92. The van der Waals surface area contributed by atoms with Crippen LogP contribution < -0.4 is 19.6 Å². The highest BCUT2D eigenvalue weighted by Gasteiger charge is 2.12. The quantitative estimate of drug-likeness (QED) is 0.202. The second-order valence-corrected chi connectivity index (χ2v) is 8.85. The van der Waals surface area contributed by atoms with Gasteiger partial charge < -0.3 is 14.2 Å². The van der Waals surface area contributed by atoms with E-state index >= 15 is 0 Å². The normalized spacial score (nSPS) is 10.8. The molecule has 0 fully saturated rings. The molecule has 0 aliphatic rings. The van der Waals surface area contributed by atoms with Crippen molar-refractivity contribution in [3.8, 4) is 17.2 Å². The number of rotatable bonds is 9. The Morgan fingerprint density at radius 2 is 1.72 bits per heavy atom. The number of halogens is 2. The molecule has 6 nitrogen and oxygen atoms in total. The SMILES string of the molecule is COc1ccc(CC(=O)N/N=C/c2cc(I)c(OCc3ccc(Br)cc3)c(OC)c2)cc1. The van der Waals surface area contributed by atoms with E-state index in [0.29, 0.717) is 18.1 Å². The van der Waals surface area contributed by atoms with Gasteiger partial charge in [-0.3, -0.25) is 4.79 Å². The van der Waals surface area contributed by atoms with Crippen LogP contribution >= 0.6 is 38.5 Å². The Hall–Kier alpha value is -2.59. The van der Waals surface area contributed by atoms with E-state index in [1.807, 2.05) is 60.7 Å². The second-order valence-electron chi connectivity index (χ2n) is 6.77. The van der Waals surface area contributed by atoms with Gasteiger partial charge in [0.1, 0.15) is 12.4 Å². The molecule has 1 amide bonds. The number of carbonyl (C=O) groups is 1. The molecule has 0 unspecified atom stereocenters. The number of hydrogen-bond acceptors (Lipinski definition) is 5. The summed E-state index contributed by atoms with van der Waals surface area (Å²) in [4.78, 5) is 12.1. The summed E-state index contributed by atoms with van der Waals surface area (Å²) in [5, 5.41) is 4.07. The lowest BCUT2D eigenvalue weighted by molar-refractivity contribution is -0.120. The number of benzene rings is 3. The minimum Gasteiger partial charge on any atom is -0.497 e. The summed E-state index contributed by atoms with van der Waals surface area (Å²) >= 11 is 5.63. The van der Waals surface area contributed by atoms with Gasteiger partial charge in [0.2, 0.25) is 5.91 Å². The van der Waals surface area contributed by atoms with Crippen LogP contribution in [0.5, 0.6) is 17.2 Å². The first kappa shape index (κ1) is 24.1. The van der Waals surface area contributed by atoms with Crippen LogP contribution in [0.25, 0.3) is 0 Å². The van der Waals surface area contributed by atoms with E-state index in [1.165, 1.54) is 0 Å². The molecule has 166 valence electrons. The lowest BCUT2D eigenvalue weighted by Gasteiger charge is -2.13. The monoisotopic (exact) mass is 608 g/mol. The third-order valence-corrected chi connectivity index (χ3v) is 5.80. The summed E-state index contributed by atoms with van der Waals surface area (Å²) in [6.45, 7) is 0.425. The average molecular weight is 609 g/mol. The minimum absolute atomic E-state index is 0.206. The number of hydrazone groups is 1. The van der Waals surface area contributed by atoms with E-state index in [0.717, 1.165) is 30.5 Å². The Labute approximate surface area is 209 Å². The Morgan fingerprint density at radius 1 is 1.03 bits per heavy atom. The second kappa shape index (κ2) is 11.9. The smallest absolute Gasteiger partial charge is 0.244 e. The molecule has 3 aromatic carbocycles. The van der Waals surface area contributed by atoms with E-state index in [4.69, 9.17) is 14.2 Å². The lowest BCUT2D eigenvalue weighted by Crippen LogP contribution is -2.19. The standard InChI is InChI=1S/C24H22BrIN2O4/c1-30-20-9-5-16(6-10-20)13-23(29)28-27-14-18-11-21(26)24(22(12-18)31-2)32-15-17-3-7-19(25)8-4-17/h3-12,14H,13,15H2,1-2H3,(H,28,29)/b27-14+. The van der Waals surface area contributed by atoms with Crippen molar-refractivity contribution in [1.29, 1.82) is 0 Å². The predicted molar refractivity (Wildman–Crippen MR) is 137 cm³/mol. The van der Waals surface area contributed by atoms with Crippen molar-refractivity contribution in [3.05, 3.63) is 85.4 Å². The van der Waals surface area contributed by atoms with Gasteiger partial charge in [0.25, 0.3) is 0 Å². The zero-order valence-corrected chi connectivity index (χ0v) is 21.3. The molecular weight excluding hydrogens is 587 g/mol. The molecule has 0 spiro atoms. The molecule has 0 saturated heterocycles. The minimum atomic E-state index is -0.206. The van der Waals surface area contributed by atoms with Crippen LogP contribution in [0.2, 0.25) is 0 Å². The van der Waals surface area contributed by atoms with Gasteiger partial charge in [0, 0.05) is 4.47 Å². The van der Waals surface area contributed by atoms with Gasteiger partial charge in [-0.25, -0.2) is 5.43 Å². The first-order valence-electron chi connectivity index (χ1n) is 9.68. The van der Waals surface area contributed by atoms with E-state index in [9.17, 15) is 4.79 Å². The predicted octanol–water partition coefficient (Wildman–Crippen LogP) is 5.34. The maximum absolute atomic E-state index is 12.1. The van der Waals surface area contributed by atoms with E-state index in [1.54, 1.807) is 20.4 Å². The molecule has 3 rings (SSSR count). The van der Waals surface area contributed by atoms with Gasteiger partial charge in [-0.05, 0) is 75.7 Å². The van der Waals surface area contributed by atoms with Crippen molar-refractivity contribution in [2.45, 2.75) is 13.0 Å². The van der Waals surface area contributed by atoms with E-state index < -0.39 is 0 Å². The molecule has 0 heterocycles. The van der Waals surface area contributed by atoms with Crippen LogP contribution in [-0.4, -0.2) is 26.3 Å². The van der Waals surface area contributed by atoms with Crippen LogP contribution in [0.4, 0.5) is 0 Å². The third kappa shape index (κ3) is 6.96. The number of carbonyl (C=O) groups excluding carboxylic acids is 1. The molecule has 0 aliphatic heterocycles. The van der Waals surface area contributed by atoms with Crippen LogP contribution in [0.3, 0.4) is 0 Å². The van der Waals surface area contributed by atoms with Crippen molar-refractivity contribution in [2.24, 2.45) is 5.10 Å². The van der Waals surface area contributed by atoms with E-state index in [-0.39, 0.29) is 12.3 Å². The third-order valence-electron chi connectivity index (χ3n) is 4.47. The van der Waals surface area contributed by atoms with Gasteiger partial charge in [0.05, 0.1) is 30.4 Å². The maximum Gasteiger partial charge on any atom is 0.244 e. The number of methoxy groups -OCH3 is 2. The molecule has 0 aromatic heterocycles. The van der Waals surface area contributed by atoms with Crippen molar-refractivity contribution >= 4 is 50.6 Å². The van der Waals surface area contributed by atoms with Crippen molar-refractivity contribution in [3.63, 3.8) is 0 Å². The molecule has 0 bridgehead atoms. The van der Waals surface area contributed by atoms with Crippen LogP contribution in [0.15, 0.2) is 70.2 Å². The van der Waals surface area contributed by atoms with Gasteiger partial charge in [-0.2, -0.15) is 5.10 Å². The van der Waals surface area contributed by atoms with Crippen LogP contribution in [0.1, 0.15) is 16.7 Å². The zero-order valence-electron chi connectivity index (χ0n) is 17.6. The lowest BCUT2D eigenvalue weighted by atomic mass is 10.1. The molecule has 0 aliphatic carbocycles. The number of ether oxygens (including phenoxy) is 3. The molecule has 0 saturated carbocycles. The van der Waals surface area contributed by atoms with Gasteiger partial charge in [-0.15, -0.1) is 0 Å². The highest BCUT2D eigenvalue weighted by atomic mass is 127. The van der Waals surface area contributed by atoms with Gasteiger partial charge in [0.15, 0.2) is 11.5 Å². The van der Waals surface area contributed by atoms with Crippen molar-refractivity contribution < 1.29 is 19.0 Å². The van der Waals surface area contributed by atoms with Crippen molar-refractivity contribution in [2.75, 3.05) is 14.2 Å². The van der Waals surface area contributed by atoms with Crippen molar-refractivity contribution in [1.82, 2.24) is 5.43 Å². The Bertz CT molecular complexity index is 1090. The van der Waals surface area contributed by atoms with Crippen LogP contribution in [-0.2, 0) is 17.8 Å². The fraction of sp³-hybridized carbons (Fsp3) is 0.167. The molecule has 1 N–H and O–H groups in total.